The fourth-order valence-corrected chi connectivity index (χ4v) is 11.8. The molecule has 2 unspecified atom stereocenters. The average Bonchev–Trinajstić information content (AvgIpc) is 4.03. The van der Waals surface area contributed by atoms with Crippen LogP contribution in [-0.4, -0.2) is 158 Å². The number of aryl methyl sites for hydroxylation is 1. The number of likely N-dealkylation sites (tertiary alicyclic amines) is 2. The van der Waals surface area contributed by atoms with Crippen molar-refractivity contribution in [2.24, 2.45) is 18.9 Å². The lowest BCUT2D eigenvalue weighted by molar-refractivity contribution is -0.434. The molecule has 0 saturated carbocycles. The molecule has 6 aliphatic rings. The fraction of sp³-hybridized carbons (Fsp3) is 0.528. The molecule has 20 heteroatoms. The largest absolute Gasteiger partial charge is 0.419 e. The number of halogens is 3. The van der Waals surface area contributed by atoms with Crippen LogP contribution in [0, 0.1) is 11.8 Å². The molecule has 0 bridgehead atoms. The molecule has 6 aliphatic heterocycles. The van der Waals surface area contributed by atoms with E-state index in [0.29, 0.717) is 68.5 Å². The van der Waals surface area contributed by atoms with Gasteiger partial charge in [-0.15, -0.1) is 10.2 Å². The zero-order chi connectivity index (χ0) is 50.4. The van der Waals surface area contributed by atoms with Crippen LogP contribution >= 0.6 is 0 Å². The van der Waals surface area contributed by atoms with Gasteiger partial charge in [-0.05, 0) is 105 Å². The Morgan fingerprint density at radius 1 is 0.904 bits per heavy atom. The lowest BCUT2D eigenvalue weighted by atomic mass is 9.75. The maximum atomic E-state index is 14.7. The van der Waals surface area contributed by atoms with E-state index in [0.717, 1.165) is 112 Å². The Kier molecular flexibility index (Phi) is 13.7. The lowest BCUT2D eigenvalue weighted by Crippen LogP contribution is -2.49. The summed E-state index contributed by atoms with van der Waals surface area (Å²) in [5, 5.41) is 10.6. The Hall–Kier alpha value is -6.06. The first kappa shape index (κ1) is 49.2. The van der Waals surface area contributed by atoms with Gasteiger partial charge < -0.3 is 23.8 Å². The summed E-state index contributed by atoms with van der Waals surface area (Å²) < 4.78 is 62.2. The van der Waals surface area contributed by atoms with Gasteiger partial charge in [0.15, 0.2) is 12.8 Å². The van der Waals surface area contributed by atoms with E-state index in [1.54, 1.807) is 29.4 Å². The number of imidazole rings is 1. The van der Waals surface area contributed by atoms with Crippen LogP contribution in [0.2, 0.25) is 0 Å². The van der Waals surface area contributed by atoms with Crippen molar-refractivity contribution in [2.75, 3.05) is 90.2 Å². The van der Waals surface area contributed by atoms with Crippen molar-refractivity contribution in [3.8, 4) is 5.69 Å². The number of anilines is 1. The molecule has 3 amide bonds. The second-order valence-electron chi connectivity index (χ2n) is 21.1. The first-order chi connectivity index (χ1) is 35.2. The number of alkyl halides is 3. The van der Waals surface area contributed by atoms with E-state index in [9.17, 15) is 32.3 Å². The van der Waals surface area contributed by atoms with E-state index in [1.807, 2.05) is 41.9 Å². The van der Waals surface area contributed by atoms with Crippen molar-refractivity contribution in [1.29, 1.82) is 0 Å². The highest BCUT2D eigenvalue weighted by atomic mass is 19.4. The number of carbonyl (C=O) groups is 3. The number of aromatic nitrogens is 5. The number of piperazine rings is 1. The molecule has 1 N–H and O–H groups in total. The predicted octanol–water partition coefficient (Wildman–Crippen LogP) is 4.05. The van der Waals surface area contributed by atoms with E-state index < -0.39 is 28.8 Å². The van der Waals surface area contributed by atoms with Crippen LogP contribution < -0.4 is 15.9 Å². The van der Waals surface area contributed by atoms with Crippen molar-refractivity contribution in [2.45, 2.75) is 75.7 Å². The highest BCUT2D eigenvalue weighted by Crippen LogP contribution is 2.38. The van der Waals surface area contributed by atoms with E-state index in [1.165, 1.54) is 16.8 Å². The van der Waals surface area contributed by atoms with Crippen molar-refractivity contribution in [3.63, 3.8) is 0 Å². The number of ether oxygens (including phenoxy) is 2. The Morgan fingerprint density at radius 3 is 2.47 bits per heavy atom. The maximum absolute atomic E-state index is 14.7. The summed E-state index contributed by atoms with van der Waals surface area (Å²) in [5.74, 6) is 0.201. The minimum absolute atomic E-state index is 0.0256. The maximum Gasteiger partial charge on any atom is 0.419 e. The van der Waals surface area contributed by atoms with Gasteiger partial charge in [0.05, 0.1) is 42.7 Å². The monoisotopic (exact) mass is 1010 g/mol. The first-order valence-corrected chi connectivity index (χ1v) is 25.8. The number of rotatable bonds is 14. The summed E-state index contributed by atoms with van der Waals surface area (Å²) in [4.78, 5) is 60.6. The predicted molar refractivity (Wildman–Crippen MR) is 264 cm³/mol. The topological polar surface area (TPSA) is 155 Å². The van der Waals surface area contributed by atoms with Crippen molar-refractivity contribution in [3.05, 3.63) is 111 Å². The first-order valence-electron chi connectivity index (χ1n) is 25.8. The fourth-order valence-electron chi connectivity index (χ4n) is 11.8. The van der Waals surface area contributed by atoms with Gasteiger partial charge in [-0.3, -0.25) is 33.7 Å². The normalized spacial score (nSPS) is 23.1. The number of amides is 3. The number of fused-ring (bicyclic) bond motifs is 2. The Bertz CT molecular complexity index is 2980. The minimum atomic E-state index is -4.67. The molecule has 2 aromatic carbocycles. The standard InChI is InChI=1S/C53H62F3N11O6/c1-60-35-57-59-47(60)25-52(33-72-34-52)40-4-2-5-42(24-40)66-32-46-45(53(54,55)56)22-37(28-67(46)51(66)71)27-63-13-3-6-43(31-63)73-21-20-61-14-11-36(12-15-61)26-62-16-18-64(19-17-62)41-8-9-44-39(23-41)30-65(50(44)70)29-38-7-10-48(68)58-49(38)69/h2,4-5,8-9,22-24,28-29,32,35-36,38,43H,3,6-7,10-21,25-27,30-31,33-34H2,1H3/p+1. The third-order valence-corrected chi connectivity index (χ3v) is 16.1. The zero-order valence-electron chi connectivity index (χ0n) is 41.3. The summed E-state index contributed by atoms with van der Waals surface area (Å²) >= 11 is 0. The summed E-state index contributed by atoms with van der Waals surface area (Å²) in [6.45, 7) is 11.2. The smallest absolute Gasteiger partial charge is 0.379 e. The van der Waals surface area contributed by atoms with E-state index >= 15 is 0 Å². The molecule has 11 rings (SSSR count). The third kappa shape index (κ3) is 10.4. The summed E-state index contributed by atoms with van der Waals surface area (Å²) in [6.07, 6.45) is 6.74. The van der Waals surface area contributed by atoms with Gasteiger partial charge >= 0.3 is 17.8 Å². The third-order valence-electron chi connectivity index (χ3n) is 16.1. The second-order valence-corrected chi connectivity index (χ2v) is 21.1. The number of piperidine rings is 3. The van der Waals surface area contributed by atoms with Crippen LogP contribution in [0.4, 0.5) is 18.9 Å². The molecule has 5 aromatic rings. The van der Waals surface area contributed by atoms with Crippen LogP contribution in [0.5, 0.6) is 0 Å². The zero-order valence-corrected chi connectivity index (χ0v) is 41.3. The number of pyridine rings is 1. The molecule has 9 heterocycles. The molecule has 0 radical (unpaired) electrons. The number of imide groups is 1. The van der Waals surface area contributed by atoms with Crippen LogP contribution in [0.3, 0.4) is 0 Å². The number of benzene rings is 2. The summed E-state index contributed by atoms with van der Waals surface area (Å²) in [7, 11) is 1.88. The van der Waals surface area contributed by atoms with Crippen LogP contribution in [0.1, 0.15) is 77.0 Å². The van der Waals surface area contributed by atoms with Crippen LogP contribution in [0.15, 0.2) is 72.0 Å². The van der Waals surface area contributed by atoms with Crippen LogP contribution in [-0.2, 0) is 57.2 Å². The number of nitrogens with zero attached hydrogens (tertiary/aromatic N) is 10. The molecule has 2 atom stereocenters. The van der Waals surface area contributed by atoms with Crippen molar-refractivity contribution >= 4 is 35.1 Å². The van der Waals surface area contributed by atoms with Crippen molar-refractivity contribution < 1.29 is 41.6 Å². The molecule has 5 fully saturated rings. The molecule has 73 heavy (non-hydrogen) atoms. The molecule has 5 saturated heterocycles. The van der Waals surface area contributed by atoms with Gasteiger partial charge in [-0.1, -0.05) is 12.1 Å². The summed E-state index contributed by atoms with van der Waals surface area (Å²) in [6, 6.07) is 14.6. The summed E-state index contributed by atoms with van der Waals surface area (Å²) in [5.41, 5.74) is 2.54. The van der Waals surface area contributed by atoms with Crippen molar-refractivity contribution in [1.82, 2.24) is 43.7 Å². The van der Waals surface area contributed by atoms with Gasteiger partial charge in [0.2, 0.25) is 11.8 Å². The van der Waals surface area contributed by atoms with Gasteiger partial charge in [-0.2, -0.15) is 17.7 Å². The van der Waals surface area contributed by atoms with Crippen LogP contribution in [0.25, 0.3) is 11.2 Å². The number of nitrogens with one attached hydrogen (secondary N) is 1. The molecule has 3 aromatic heterocycles. The van der Waals surface area contributed by atoms with E-state index in [4.69, 9.17) is 9.47 Å². The van der Waals surface area contributed by atoms with Gasteiger partial charge in [0, 0.05) is 101 Å². The van der Waals surface area contributed by atoms with Gasteiger partial charge in [0.1, 0.15) is 23.6 Å². The SMILES string of the molecule is Cn1cnnc1CC1(c2cccc(-n3cc4c(C(F)(F)F)cc(CN5CCCC(OCCN6CCC(CN7CCN(c8ccc9c(c8)C[N+](=CC8CCC(=O)NC8=O)C9=O)CC7)CC6)C5)cn4c3=O)c2)COC1. The molecule has 17 nitrogen and oxygen atoms in total. The van der Waals surface area contributed by atoms with E-state index in [2.05, 4.69) is 41.2 Å². The molecule has 0 aliphatic carbocycles. The average molecular weight is 1010 g/mol. The Morgan fingerprint density at radius 2 is 1.73 bits per heavy atom. The number of carbonyl (C=O) groups excluding carboxylic acids is 3. The lowest BCUT2D eigenvalue weighted by Gasteiger charge is -2.41. The quantitative estimate of drug-likeness (QED) is 0.126. The molecule has 0 spiro atoms. The molecular formula is C53H63F3N11O6+. The second kappa shape index (κ2) is 20.3. The highest BCUT2D eigenvalue weighted by molar-refractivity contribution is 6.05. The Balaban J connectivity index is 0.638. The minimum Gasteiger partial charge on any atom is -0.379 e. The van der Waals surface area contributed by atoms with E-state index in [-0.39, 0.29) is 42.3 Å². The highest BCUT2D eigenvalue weighted by Gasteiger charge is 2.43. The number of hydrogen-bond acceptors (Lipinski definition) is 12. The number of hydrogen-bond donors (Lipinski definition) is 1. The molecule has 386 valence electrons. The van der Waals surface area contributed by atoms with Gasteiger partial charge in [0.25, 0.3) is 0 Å². The molecular weight excluding hydrogens is 944 g/mol. The van der Waals surface area contributed by atoms with Gasteiger partial charge in [-0.25, -0.2) is 9.59 Å². The Labute approximate surface area is 421 Å².